The average molecular weight is 199 g/mol. The predicted octanol–water partition coefficient (Wildman–Crippen LogP) is -0.112. The lowest BCUT2D eigenvalue weighted by atomic mass is 10.1. The first-order valence-electron chi connectivity index (χ1n) is 5.27. The van der Waals surface area contributed by atoms with Gasteiger partial charge in [0, 0.05) is 32.1 Å². The molecule has 0 aliphatic carbocycles. The maximum absolute atomic E-state index is 11.7. The summed E-state index contributed by atoms with van der Waals surface area (Å²) in [6.07, 6.45) is 2.53. The highest BCUT2D eigenvalue weighted by molar-refractivity contribution is 5.76. The number of piperidine rings is 1. The van der Waals surface area contributed by atoms with Gasteiger partial charge in [0.1, 0.15) is 0 Å². The van der Waals surface area contributed by atoms with E-state index in [1.807, 2.05) is 23.9 Å². The highest BCUT2D eigenvalue weighted by atomic mass is 16.2. The molecule has 1 aliphatic rings. The quantitative estimate of drug-likeness (QED) is 0.690. The van der Waals surface area contributed by atoms with Gasteiger partial charge in [-0.2, -0.15) is 0 Å². The molecule has 2 N–H and O–H groups in total. The fourth-order valence-electron chi connectivity index (χ4n) is 1.63. The lowest BCUT2D eigenvalue weighted by Crippen LogP contribution is -2.43. The molecule has 1 aliphatic heterocycles. The van der Waals surface area contributed by atoms with Crippen molar-refractivity contribution in [2.75, 3.05) is 33.7 Å². The second-order valence-electron chi connectivity index (χ2n) is 4.27. The van der Waals surface area contributed by atoms with Crippen LogP contribution < -0.4 is 5.73 Å². The largest absolute Gasteiger partial charge is 0.343 e. The fraction of sp³-hybridized carbons (Fsp3) is 0.900. The van der Waals surface area contributed by atoms with Gasteiger partial charge in [0.25, 0.3) is 0 Å². The number of amides is 1. The fourth-order valence-corrected chi connectivity index (χ4v) is 1.63. The molecule has 82 valence electrons. The third kappa shape index (κ3) is 3.64. The summed E-state index contributed by atoms with van der Waals surface area (Å²) in [5, 5.41) is 0. The highest BCUT2D eigenvalue weighted by Gasteiger charge is 2.19. The van der Waals surface area contributed by atoms with Gasteiger partial charge in [0.05, 0.1) is 0 Å². The molecule has 0 aromatic heterocycles. The third-order valence-electron chi connectivity index (χ3n) is 2.67. The van der Waals surface area contributed by atoms with Crippen LogP contribution >= 0.6 is 0 Å². The van der Waals surface area contributed by atoms with Crippen molar-refractivity contribution >= 4 is 5.91 Å². The molecular formula is C10H21N3O. The number of nitrogens with zero attached hydrogens (tertiary/aromatic N) is 2. The zero-order chi connectivity index (χ0) is 10.6. The van der Waals surface area contributed by atoms with E-state index in [4.69, 9.17) is 5.73 Å². The van der Waals surface area contributed by atoms with Gasteiger partial charge in [-0.25, -0.2) is 0 Å². The molecule has 1 amide bonds. The summed E-state index contributed by atoms with van der Waals surface area (Å²) < 4.78 is 0. The summed E-state index contributed by atoms with van der Waals surface area (Å²) >= 11 is 0. The van der Waals surface area contributed by atoms with Crippen molar-refractivity contribution in [3.05, 3.63) is 0 Å². The molecule has 0 saturated carbocycles. The van der Waals surface area contributed by atoms with E-state index in [-0.39, 0.29) is 5.91 Å². The molecule has 0 spiro atoms. The summed E-state index contributed by atoms with van der Waals surface area (Å²) in [4.78, 5) is 15.6. The van der Waals surface area contributed by atoms with Crippen LogP contribution in [0.4, 0.5) is 0 Å². The molecule has 4 nitrogen and oxygen atoms in total. The minimum Gasteiger partial charge on any atom is -0.343 e. The molecule has 0 aromatic rings. The van der Waals surface area contributed by atoms with E-state index < -0.39 is 0 Å². The van der Waals surface area contributed by atoms with E-state index in [0.29, 0.717) is 12.5 Å². The Morgan fingerprint density at radius 3 is 2.50 bits per heavy atom. The standard InChI is InChI=1S/C10H21N3O/c1-12(2)6-5-10(14)13-7-3-9(11)4-8-13/h9H,3-8,11H2,1-2H3. The maximum Gasteiger partial charge on any atom is 0.223 e. The first-order chi connectivity index (χ1) is 6.59. The molecule has 14 heavy (non-hydrogen) atoms. The van der Waals surface area contributed by atoms with Crippen LogP contribution in [0.5, 0.6) is 0 Å². The second-order valence-corrected chi connectivity index (χ2v) is 4.27. The van der Waals surface area contributed by atoms with Gasteiger partial charge in [0.2, 0.25) is 5.91 Å². The number of rotatable bonds is 3. The monoisotopic (exact) mass is 199 g/mol. The number of carbonyl (C=O) groups excluding carboxylic acids is 1. The van der Waals surface area contributed by atoms with Crippen LogP contribution in [0.25, 0.3) is 0 Å². The number of likely N-dealkylation sites (tertiary alicyclic amines) is 1. The van der Waals surface area contributed by atoms with Crippen LogP contribution in [-0.4, -0.2) is 55.5 Å². The van der Waals surface area contributed by atoms with Crippen molar-refractivity contribution < 1.29 is 4.79 Å². The van der Waals surface area contributed by atoms with Crippen LogP contribution in [0, 0.1) is 0 Å². The number of hydrogen-bond acceptors (Lipinski definition) is 3. The Balaban J connectivity index is 2.24. The van der Waals surface area contributed by atoms with Gasteiger partial charge in [-0.3, -0.25) is 4.79 Å². The first kappa shape index (κ1) is 11.5. The molecule has 0 aromatic carbocycles. The Bertz CT molecular complexity index is 186. The topological polar surface area (TPSA) is 49.6 Å². The molecule has 4 heteroatoms. The van der Waals surface area contributed by atoms with Crippen molar-refractivity contribution in [1.29, 1.82) is 0 Å². The molecule has 1 fully saturated rings. The SMILES string of the molecule is CN(C)CCC(=O)N1CCC(N)CC1. The van der Waals surface area contributed by atoms with Crippen LogP contribution in [0.3, 0.4) is 0 Å². The Labute approximate surface area is 86.0 Å². The zero-order valence-corrected chi connectivity index (χ0v) is 9.20. The number of hydrogen-bond donors (Lipinski definition) is 1. The van der Waals surface area contributed by atoms with E-state index in [1.165, 1.54) is 0 Å². The molecular weight excluding hydrogens is 178 g/mol. The van der Waals surface area contributed by atoms with Crippen LogP contribution in [-0.2, 0) is 4.79 Å². The Kier molecular flexibility index (Phi) is 4.35. The highest BCUT2D eigenvalue weighted by Crippen LogP contribution is 2.09. The third-order valence-corrected chi connectivity index (χ3v) is 2.67. The Morgan fingerprint density at radius 2 is 2.00 bits per heavy atom. The molecule has 1 heterocycles. The van der Waals surface area contributed by atoms with Crippen molar-refractivity contribution in [1.82, 2.24) is 9.80 Å². The molecule has 0 bridgehead atoms. The summed E-state index contributed by atoms with van der Waals surface area (Å²) in [6.45, 7) is 2.52. The molecule has 0 radical (unpaired) electrons. The zero-order valence-electron chi connectivity index (χ0n) is 9.20. The van der Waals surface area contributed by atoms with Crippen molar-refractivity contribution in [3.8, 4) is 0 Å². The Morgan fingerprint density at radius 1 is 1.43 bits per heavy atom. The van der Waals surface area contributed by atoms with Crippen molar-refractivity contribution in [2.45, 2.75) is 25.3 Å². The minimum absolute atomic E-state index is 0.269. The van der Waals surface area contributed by atoms with E-state index in [9.17, 15) is 4.79 Å². The second kappa shape index (κ2) is 5.32. The van der Waals surface area contributed by atoms with E-state index >= 15 is 0 Å². The van der Waals surface area contributed by atoms with Crippen molar-refractivity contribution in [3.63, 3.8) is 0 Å². The predicted molar refractivity (Wildman–Crippen MR) is 57.0 cm³/mol. The first-order valence-corrected chi connectivity index (χ1v) is 5.27. The van der Waals surface area contributed by atoms with Gasteiger partial charge >= 0.3 is 0 Å². The summed E-state index contributed by atoms with van der Waals surface area (Å²) in [7, 11) is 3.97. The summed E-state index contributed by atoms with van der Waals surface area (Å²) in [5.74, 6) is 0.269. The lowest BCUT2D eigenvalue weighted by Gasteiger charge is -2.30. The van der Waals surface area contributed by atoms with Crippen LogP contribution in [0.15, 0.2) is 0 Å². The summed E-state index contributed by atoms with van der Waals surface area (Å²) in [6, 6.07) is 0.299. The van der Waals surface area contributed by atoms with Gasteiger partial charge in [-0.05, 0) is 26.9 Å². The number of nitrogens with two attached hydrogens (primary N) is 1. The van der Waals surface area contributed by atoms with Crippen LogP contribution in [0.2, 0.25) is 0 Å². The van der Waals surface area contributed by atoms with Gasteiger partial charge < -0.3 is 15.5 Å². The van der Waals surface area contributed by atoms with Crippen LogP contribution in [0.1, 0.15) is 19.3 Å². The molecule has 1 rings (SSSR count). The smallest absolute Gasteiger partial charge is 0.223 e. The van der Waals surface area contributed by atoms with Gasteiger partial charge in [-0.15, -0.1) is 0 Å². The Hall–Kier alpha value is -0.610. The van der Waals surface area contributed by atoms with Gasteiger partial charge in [-0.1, -0.05) is 0 Å². The van der Waals surface area contributed by atoms with Crippen molar-refractivity contribution in [2.24, 2.45) is 5.73 Å². The number of carbonyl (C=O) groups is 1. The van der Waals surface area contributed by atoms with E-state index in [2.05, 4.69) is 0 Å². The molecule has 1 saturated heterocycles. The normalized spacial score (nSPS) is 19.0. The molecule has 0 atom stereocenters. The molecule has 0 unspecified atom stereocenters. The van der Waals surface area contributed by atoms with E-state index in [1.54, 1.807) is 0 Å². The average Bonchev–Trinajstić information content (AvgIpc) is 2.15. The van der Waals surface area contributed by atoms with E-state index in [0.717, 1.165) is 32.5 Å². The minimum atomic E-state index is 0.269. The summed E-state index contributed by atoms with van der Waals surface area (Å²) in [5.41, 5.74) is 5.77. The maximum atomic E-state index is 11.7. The lowest BCUT2D eigenvalue weighted by molar-refractivity contribution is -0.132. The van der Waals surface area contributed by atoms with Gasteiger partial charge in [0.15, 0.2) is 0 Å².